The lowest BCUT2D eigenvalue weighted by Gasteiger charge is -2.34. The number of benzene rings is 6. The van der Waals surface area contributed by atoms with Crippen molar-refractivity contribution in [3.05, 3.63) is 199 Å². The van der Waals surface area contributed by atoms with Gasteiger partial charge < -0.3 is 4.74 Å². The standard InChI is InChI=1S/C49H37N3OSi/c1-49(2)41-22-9-10-24-46(41)53-47-32-40-39-27-26-38(31-44(39)52(45(40)33-42(47)49)48-25-12-14-29-51-48)54(35-17-5-3-6-18-35,36-19-7-4-8-20-36)37-21-15-16-34(30-37)43-23-11-13-28-50-43/h3-33H,1-2H3. The summed E-state index contributed by atoms with van der Waals surface area (Å²) in [5, 5.41) is 7.52. The van der Waals surface area contributed by atoms with Crippen LogP contribution < -0.4 is 25.5 Å². The molecule has 3 aromatic heterocycles. The molecule has 54 heavy (non-hydrogen) atoms. The largest absolute Gasteiger partial charge is 0.457 e. The normalized spacial score (nSPS) is 13.3. The lowest BCUT2D eigenvalue weighted by Crippen LogP contribution is -2.74. The molecule has 0 fully saturated rings. The number of aromatic nitrogens is 3. The number of rotatable bonds is 6. The zero-order valence-electron chi connectivity index (χ0n) is 30.1. The van der Waals surface area contributed by atoms with E-state index in [0.29, 0.717) is 0 Å². The topological polar surface area (TPSA) is 39.9 Å². The third-order valence-electron chi connectivity index (χ3n) is 11.3. The minimum absolute atomic E-state index is 0.254. The van der Waals surface area contributed by atoms with E-state index >= 15 is 0 Å². The maximum atomic E-state index is 6.66. The third kappa shape index (κ3) is 4.89. The van der Waals surface area contributed by atoms with Gasteiger partial charge in [0.05, 0.1) is 16.7 Å². The van der Waals surface area contributed by atoms with Crippen molar-refractivity contribution in [1.29, 1.82) is 0 Å². The highest BCUT2D eigenvalue weighted by atomic mass is 28.3. The van der Waals surface area contributed by atoms with E-state index in [1.807, 2.05) is 24.5 Å². The predicted octanol–water partition coefficient (Wildman–Crippen LogP) is 9.05. The molecule has 5 heteroatoms. The Morgan fingerprint density at radius 2 is 1.13 bits per heavy atom. The van der Waals surface area contributed by atoms with Gasteiger partial charge in [-0.3, -0.25) is 9.55 Å². The van der Waals surface area contributed by atoms with Crippen molar-refractivity contribution in [1.82, 2.24) is 14.5 Å². The molecule has 10 rings (SSSR count). The van der Waals surface area contributed by atoms with Gasteiger partial charge in [0.1, 0.15) is 17.3 Å². The van der Waals surface area contributed by atoms with Crippen LogP contribution in [0.4, 0.5) is 0 Å². The second-order valence-corrected chi connectivity index (χ2v) is 18.4. The van der Waals surface area contributed by atoms with Crippen molar-refractivity contribution in [3.63, 3.8) is 0 Å². The molecule has 1 aliphatic rings. The first kappa shape index (κ1) is 32.1. The lowest BCUT2D eigenvalue weighted by atomic mass is 9.75. The minimum Gasteiger partial charge on any atom is -0.457 e. The summed E-state index contributed by atoms with van der Waals surface area (Å²) in [4.78, 5) is 9.71. The van der Waals surface area contributed by atoms with Crippen LogP contribution in [0, 0.1) is 0 Å². The second kappa shape index (κ2) is 12.5. The molecule has 0 atom stereocenters. The maximum absolute atomic E-state index is 6.66. The molecule has 0 unspecified atom stereocenters. The van der Waals surface area contributed by atoms with E-state index in [1.165, 1.54) is 26.3 Å². The maximum Gasteiger partial charge on any atom is 0.179 e. The van der Waals surface area contributed by atoms with Crippen LogP contribution in [0.25, 0.3) is 38.9 Å². The van der Waals surface area contributed by atoms with Crippen LogP contribution in [0.3, 0.4) is 0 Å². The van der Waals surface area contributed by atoms with Gasteiger partial charge in [0.15, 0.2) is 8.07 Å². The van der Waals surface area contributed by atoms with Gasteiger partial charge in [-0.15, -0.1) is 0 Å². The quantitative estimate of drug-likeness (QED) is 0.128. The van der Waals surface area contributed by atoms with Crippen LogP contribution in [0.1, 0.15) is 25.0 Å². The fourth-order valence-electron chi connectivity index (χ4n) is 8.74. The van der Waals surface area contributed by atoms with E-state index in [1.54, 1.807) is 0 Å². The fraction of sp³-hybridized carbons (Fsp3) is 0.0612. The lowest BCUT2D eigenvalue weighted by molar-refractivity contribution is 0.419. The first-order valence-corrected chi connectivity index (χ1v) is 20.5. The van der Waals surface area contributed by atoms with Crippen LogP contribution in [-0.4, -0.2) is 22.6 Å². The van der Waals surface area contributed by atoms with E-state index < -0.39 is 8.07 Å². The van der Waals surface area contributed by atoms with Crippen LogP contribution in [0.5, 0.6) is 11.5 Å². The van der Waals surface area contributed by atoms with E-state index in [0.717, 1.165) is 55.9 Å². The number of fused-ring (bicyclic) bond motifs is 5. The van der Waals surface area contributed by atoms with Crippen LogP contribution in [0.2, 0.25) is 0 Å². The molecule has 0 aliphatic carbocycles. The number of hydrogen-bond acceptors (Lipinski definition) is 3. The van der Waals surface area contributed by atoms with Gasteiger partial charge >= 0.3 is 0 Å². The number of pyridine rings is 2. The molecule has 6 aromatic carbocycles. The molecular weight excluding hydrogens is 675 g/mol. The van der Waals surface area contributed by atoms with Gasteiger partial charge in [0.2, 0.25) is 0 Å². The van der Waals surface area contributed by atoms with Crippen LogP contribution in [0.15, 0.2) is 188 Å². The summed E-state index contributed by atoms with van der Waals surface area (Å²) in [6.45, 7) is 4.59. The summed E-state index contributed by atoms with van der Waals surface area (Å²) >= 11 is 0. The summed E-state index contributed by atoms with van der Waals surface area (Å²) in [5.41, 5.74) is 6.39. The molecule has 0 saturated heterocycles. The highest BCUT2D eigenvalue weighted by Gasteiger charge is 2.42. The molecule has 1 aliphatic heterocycles. The van der Waals surface area contributed by atoms with Crippen molar-refractivity contribution in [3.8, 4) is 28.6 Å². The number of para-hydroxylation sites is 1. The average molecular weight is 712 g/mol. The monoisotopic (exact) mass is 711 g/mol. The molecule has 4 heterocycles. The number of nitrogens with zero attached hydrogens (tertiary/aromatic N) is 3. The smallest absolute Gasteiger partial charge is 0.179 e. The van der Waals surface area contributed by atoms with Crippen molar-refractivity contribution in [2.45, 2.75) is 19.3 Å². The zero-order chi connectivity index (χ0) is 36.3. The molecule has 258 valence electrons. The highest BCUT2D eigenvalue weighted by Crippen LogP contribution is 2.50. The number of hydrogen-bond donors (Lipinski definition) is 0. The predicted molar refractivity (Wildman–Crippen MR) is 224 cm³/mol. The Morgan fingerprint density at radius 3 is 1.85 bits per heavy atom. The SMILES string of the molecule is CC1(C)c2ccccc2Oc2cc3c4ccc([Si](c5ccccc5)(c5ccccc5)c5cccc(-c6ccccn6)c5)cc4n(-c4ccccn4)c3cc21. The molecule has 0 spiro atoms. The van der Waals surface area contributed by atoms with E-state index in [2.05, 4.69) is 182 Å². The van der Waals surface area contributed by atoms with Gasteiger partial charge in [-0.1, -0.05) is 141 Å². The van der Waals surface area contributed by atoms with Gasteiger partial charge in [-0.2, -0.15) is 0 Å². The summed E-state index contributed by atoms with van der Waals surface area (Å²) in [6, 6.07) is 63.7. The van der Waals surface area contributed by atoms with Crippen molar-refractivity contribution < 1.29 is 4.74 Å². The van der Waals surface area contributed by atoms with Crippen molar-refractivity contribution >= 4 is 50.6 Å². The Bertz CT molecular complexity index is 2780. The molecule has 0 amide bonds. The van der Waals surface area contributed by atoms with Crippen LogP contribution >= 0.6 is 0 Å². The zero-order valence-corrected chi connectivity index (χ0v) is 31.1. The number of ether oxygens (including phenoxy) is 1. The van der Waals surface area contributed by atoms with E-state index in [9.17, 15) is 0 Å². The first-order chi connectivity index (χ1) is 26.5. The van der Waals surface area contributed by atoms with E-state index in [4.69, 9.17) is 14.7 Å². The molecule has 0 N–H and O–H groups in total. The highest BCUT2D eigenvalue weighted by molar-refractivity contribution is 7.20. The molecule has 0 radical (unpaired) electrons. The van der Waals surface area contributed by atoms with Gasteiger partial charge in [-0.25, -0.2) is 4.98 Å². The summed E-state index contributed by atoms with van der Waals surface area (Å²) in [5.74, 6) is 2.70. The van der Waals surface area contributed by atoms with E-state index in [-0.39, 0.29) is 5.41 Å². The Kier molecular flexibility index (Phi) is 7.46. The third-order valence-corrected chi connectivity index (χ3v) is 16.1. The Labute approximate surface area is 316 Å². The van der Waals surface area contributed by atoms with Gasteiger partial charge in [0, 0.05) is 45.3 Å². The second-order valence-electron chi connectivity index (χ2n) is 14.6. The minimum atomic E-state index is -2.93. The first-order valence-electron chi connectivity index (χ1n) is 18.5. The summed E-state index contributed by atoms with van der Waals surface area (Å²) < 4.78 is 9.01. The Balaban J connectivity index is 1.30. The van der Waals surface area contributed by atoms with Crippen molar-refractivity contribution in [2.24, 2.45) is 0 Å². The molecule has 0 saturated carbocycles. The summed E-state index contributed by atoms with van der Waals surface area (Å²) in [6.07, 6.45) is 3.75. The Hall–Kier alpha value is -6.56. The average Bonchev–Trinajstić information content (AvgIpc) is 3.55. The van der Waals surface area contributed by atoms with Gasteiger partial charge in [0.25, 0.3) is 0 Å². The summed E-state index contributed by atoms with van der Waals surface area (Å²) in [7, 11) is -2.93. The van der Waals surface area contributed by atoms with Crippen LogP contribution in [-0.2, 0) is 5.41 Å². The molecule has 9 aromatic rings. The van der Waals surface area contributed by atoms with Crippen molar-refractivity contribution in [2.75, 3.05) is 0 Å². The Morgan fingerprint density at radius 1 is 0.481 bits per heavy atom. The molecule has 0 bridgehead atoms. The molecule has 4 nitrogen and oxygen atoms in total. The van der Waals surface area contributed by atoms with Gasteiger partial charge in [-0.05, 0) is 69.3 Å². The molecular formula is C49H37N3OSi. The fourth-order valence-corrected chi connectivity index (χ4v) is 13.5.